The van der Waals surface area contributed by atoms with Crippen molar-refractivity contribution in [1.29, 1.82) is 0 Å². The highest BCUT2D eigenvalue weighted by Gasteiger charge is 2.19. The first kappa shape index (κ1) is 16.0. The van der Waals surface area contributed by atoms with Gasteiger partial charge in [0.05, 0.1) is 11.3 Å². The number of amides is 2. The predicted octanol–water partition coefficient (Wildman–Crippen LogP) is 2.21. The van der Waals surface area contributed by atoms with E-state index in [0.29, 0.717) is 5.69 Å². The number of anilines is 1. The monoisotopic (exact) mass is 403 g/mol. The van der Waals surface area contributed by atoms with Crippen LogP contribution in [0, 0.1) is 3.57 Å². The molecular formula is C14H18IN3O3. The Morgan fingerprint density at radius 3 is 2.62 bits per heavy atom. The molecule has 1 aromatic carbocycles. The summed E-state index contributed by atoms with van der Waals surface area (Å²) in [6.45, 7) is 1.91. The highest BCUT2D eigenvalue weighted by atomic mass is 127. The number of nitrogens with zero attached hydrogens (tertiary/aromatic N) is 1. The minimum Gasteiger partial charge on any atom is -0.478 e. The zero-order chi connectivity index (χ0) is 15.4. The molecule has 1 heterocycles. The van der Waals surface area contributed by atoms with Crippen molar-refractivity contribution < 1.29 is 14.7 Å². The molecule has 114 valence electrons. The van der Waals surface area contributed by atoms with Crippen molar-refractivity contribution in [2.24, 2.45) is 0 Å². The van der Waals surface area contributed by atoms with E-state index in [-0.39, 0.29) is 17.6 Å². The van der Waals surface area contributed by atoms with Crippen molar-refractivity contribution >= 4 is 40.3 Å². The van der Waals surface area contributed by atoms with Crippen LogP contribution in [0.5, 0.6) is 0 Å². The van der Waals surface area contributed by atoms with Gasteiger partial charge >= 0.3 is 12.0 Å². The van der Waals surface area contributed by atoms with Gasteiger partial charge < -0.3 is 20.6 Å². The molecule has 0 aromatic heterocycles. The molecule has 1 saturated heterocycles. The average molecular weight is 403 g/mol. The van der Waals surface area contributed by atoms with Gasteiger partial charge in [-0.25, -0.2) is 9.59 Å². The minimum atomic E-state index is -1.05. The van der Waals surface area contributed by atoms with Crippen LogP contribution in [-0.2, 0) is 0 Å². The fourth-order valence-electron chi connectivity index (χ4n) is 2.30. The topological polar surface area (TPSA) is 81.7 Å². The summed E-state index contributed by atoms with van der Waals surface area (Å²) in [5.74, 6) is -1.05. The summed E-state index contributed by atoms with van der Waals surface area (Å²) in [7, 11) is 2.06. The smallest absolute Gasteiger partial charge is 0.337 e. The molecule has 21 heavy (non-hydrogen) atoms. The van der Waals surface area contributed by atoms with Crippen LogP contribution >= 0.6 is 22.6 Å². The number of carboxylic acids is 1. The number of halogens is 1. The zero-order valence-corrected chi connectivity index (χ0v) is 13.9. The summed E-state index contributed by atoms with van der Waals surface area (Å²) in [6, 6.07) is 4.69. The second-order valence-electron chi connectivity index (χ2n) is 5.17. The van der Waals surface area contributed by atoms with Crippen LogP contribution in [0.4, 0.5) is 10.5 Å². The molecule has 0 spiro atoms. The standard InChI is InChI=1S/C14H18IN3O3/c1-18-6-4-10(5-7-18)16-14(21)17-12-3-2-9(15)8-11(12)13(19)20/h2-3,8,10H,4-7H2,1H3,(H,19,20)(H2,16,17,21). The molecule has 0 saturated carbocycles. The molecular weight excluding hydrogens is 385 g/mol. The van der Waals surface area contributed by atoms with Gasteiger partial charge in [-0.1, -0.05) is 0 Å². The second kappa shape index (κ2) is 7.08. The number of urea groups is 1. The Hall–Kier alpha value is -1.35. The Morgan fingerprint density at radius 2 is 2.00 bits per heavy atom. The number of aromatic carboxylic acids is 1. The summed E-state index contributed by atoms with van der Waals surface area (Å²) in [4.78, 5) is 25.4. The Kier molecular flexibility index (Phi) is 5.40. The van der Waals surface area contributed by atoms with E-state index in [1.165, 1.54) is 6.07 Å². The van der Waals surface area contributed by atoms with Crippen molar-refractivity contribution in [2.75, 3.05) is 25.5 Å². The first-order valence-corrected chi connectivity index (χ1v) is 7.82. The number of hydrogen-bond donors (Lipinski definition) is 3. The van der Waals surface area contributed by atoms with E-state index in [1.54, 1.807) is 12.1 Å². The molecule has 0 bridgehead atoms. The van der Waals surface area contributed by atoms with Crippen LogP contribution in [-0.4, -0.2) is 48.2 Å². The van der Waals surface area contributed by atoms with Gasteiger partial charge in [-0.15, -0.1) is 0 Å². The third-order valence-electron chi connectivity index (χ3n) is 3.51. The summed E-state index contributed by atoms with van der Waals surface area (Å²) < 4.78 is 0.811. The normalized spacial score (nSPS) is 16.5. The number of benzene rings is 1. The van der Waals surface area contributed by atoms with Gasteiger partial charge in [-0.05, 0) is 73.8 Å². The molecule has 1 aliphatic rings. The number of rotatable bonds is 3. The third kappa shape index (κ3) is 4.57. The molecule has 2 rings (SSSR count). The van der Waals surface area contributed by atoms with Crippen LogP contribution in [0.15, 0.2) is 18.2 Å². The van der Waals surface area contributed by atoms with E-state index in [0.717, 1.165) is 29.5 Å². The van der Waals surface area contributed by atoms with E-state index in [4.69, 9.17) is 0 Å². The molecule has 6 nitrogen and oxygen atoms in total. The maximum Gasteiger partial charge on any atom is 0.337 e. The lowest BCUT2D eigenvalue weighted by atomic mass is 10.1. The number of likely N-dealkylation sites (tertiary alicyclic amines) is 1. The Balaban J connectivity index is 1.98. The van der Waals surface area contributed by atoms with Crippen molar-refractivity contribution in [1.82, 2.24) is 10.2 Å². The molecule has 0 radical (unpaired) electrons. The van der Waals surface area contributed by atoms with Gasteiger partial charge in [0.25, 0.3) is 0 Å². The van der Waals surface area contributed by atoms with E-state index in [9.17, 15) is 14.7 Å². The van der Waals surface area contributed by atoms with Crippen LogP contribution in [0.2, 0.25) is 0 Å². The molecule has 2 amide bonds. The van der Waals surface area contributed by atoms with Gasteiger partial charge in [-0.2, -0.15) is 0 Å². The Morgan fingerprint density at radius 1 is 1.33 bits per heavy atom. The Labute approximate surface area is 137 Å². The maximum absolute atomic E-state index is 12.0. The molecule has 0 unspecified atom stereocenters. The quantitative estimate of drug-likeness (QED) is 0.677. The summed E-state index contributed by atoms with van der Waals surface area (Å²) >= 11 is 2.04. The van der Waals surface area contributed by atoms with E-state index >= 15 is 0 Å². The summed E-state index contributed by atoms with van der Waals surface area (Å²) in [5, 5.41) is 14.7. The number of carboxylic acid groups (broad SMARTS) is 1. The molecule has 1 aliphatic heterocycles. The molecule has 7 heteroatoms. The number of piperidine rings is 1. The van der Waals surface area contributed by atoms with Crippen LogP contribution < -0.4 is 10.6 Å². The lowest BCUT2D eigenvalue weighted by Gasteiger charge is -2.29. The SMILES string of the molecule is CN1CCC(NC(=O)Nc2ccc(I)cc2C(=O)O)CC1. The Bertz CT molecular complexity index is 542. The summed E-state index contributed by atoms with van der Waals surface area (Å²) in [6.07, 6.45) is 1.81. The van der Waals surface area contributed by atoms with Crippen LogP contribution in [0.3, 0.4) is 0 Å². The molecule has 1 fully saturated rings. The highest BCUT2D eigenvalue weighted by molar-refractivity contribution is 14.1. The van der Waals surface area contributed by atoms with Gasteiger partial charge in [0.15, 0.2) is 0 Å². The zero-order valence-electron chi connectivity index (χ0n) is 11.7. The van der Waals surface area contributed by atoms with E-state index in [1.807, 2.05) is 22.6 Å². The third-order valence-corrected chi connectivity index (χ3v) is 4.18. The van der Waals surface area contributed by atoms with Crippen molar-refractivity contribution in [3.8, 4) is 0 Å². The van der Waals surface area contributed by atoms with Crippen molar-refractivity contribution in [2.45, 2.75) is 18.9 Å². The van der Waals surface area contributed by atoms with Gasteiger partial charge in [0.2, 0.25) is 0 Å². The summed E-state index contributed by atoms with van der Waals surface area (Å²) in [5.41, 5.74) is 0.411. The van der Waals surface area contributed by atoms with Gasteiger partial charge in [-0.3, -0.25) is 0 Å². The van der Waals surface area contributed by atoms with Crippen molar-refractivity contribution in [3.63, 3.8) is 0 Å². The van der Waals surface area contributed by atoms with Gasteiger partial charge in [0, 0.05) is 9.61 Å². The molecule has 0 atom stereocenters. The fraction of sp³-hybridized carbons (Fsp3) is 0.429. The maximum atomic E-state index is 12.0. The lowest BCUT2D eigenvalue weighted by molar-refractivity contribution is 0.0698. The predicted molar refractivity (Wildman–Crippen MR) is 88.8 cm³/mol. The highest BCUT2D eigenvalue weighted by Crippen LogP contribution is 2.19. The van der Waals surface area contributed by atoms with Gasteiger partial charge in [0.1, 0.15) is 0 Å². The van der Waals surface area contributed by atoms with Crippen LogP contribution in [0.1, 0.15) is 23.2 Å². The van der Waals surface area contributed by atoms with E-state index < -0.39 is 5.97 Å². The number of carbonyl (C=O) groups excluding carboxylic acids is 1. The average Bonchev–Trinajstić information content (AvgIpc) is 2.43. The molecule has 0 aliphatic carbocycles. The minimum absolute atomic E-state index is 0.0976. The first-order valence-electron chi connectivity index (χ1n) is 6.74. The number of carbonyl (C=O) groups is 2. The van der Waals surface area contributed by atoms with Crippen molar-refractivity contribution in [3.05, 3.63) is 27.3 Å². The number of nitrogens with one attached hydrogen (secondary N) is 2. The molecule has 1 aromatic rings. The van der Waals surface area contributed by atoms with E-state index in [2.05, 4.69) is 22.6 Å². The largest absolute Gasteiger partial charge is 0.478 e. The number of hydrogen-bond acceptors (Lipinski definition) is 3. The fourth-order valence-corrected chi connectivity index (χ4v) is 2.79. The lowest BCUT2D eigenvalue weighted by Crippen LogP contribution is -2.45. The van der Waals surface area contributed by atoms with Crippen LogP contribution in [0.25, 0.3) is 0 Å². The second-order valence-corrected chi connectivity index (χ2v) is 6.42. The molecule has 3 N–H and O–H groups in total. The first-order chi connectivity index (χ1) is 9.95.